The van der Waals surface area contributed by atoms with Gasteiger partial charge in [-0.2, -0.15) is 0 Å². The molecule has 0 aliphatic heterocycles. The fourth-order valence-electron chi connectivity index (χ4n) is 4.09. The lowest BCUT2D eigenvalue weighted by molar-refractivity contribution is 0.0907. The Morgan fingerprint density at radius 1 is 1.03 bits per heavy atom. The number of rotatable bonds is 11. The first-order valence-corrected chi connectivity index (χ1v) is 11.4. The summed E-state index contributed by atoms with van der Waals surface area (Å²) < 4.78 is 5.84. The lowest BCUT2D eigenvalue weighted by Crippen LogP contribution is -2.43. The van der Waals surface area contributed by atoms with Crippen LogP contribution in [0.15, 0.2) is 42.5 Å². The summed E-state index contributed by atoms with van der Waals surface area (Å²) in [4.78, 5) is 12.6. The van der Waals surface area contributed by atoms with Crippen LogP contribution in [0.2, 0.25) is 0 Å². The van der Waals surface area contributed by atoms with E-state index < -0.39 is 0 Å². The summed E-state index contributed by atoms with van der Waals surface area (Å²) in [7, 11) is 0. The number of carbonyl (C=O) groups excluding carboxylic acids is 1. The predicted octanol–water partition coefficient (Wildman–Crippen LogP) is 6.96. The van der Waals surface area contributed by atoms with Gasteiger partial charge in [0.2, 0.25) is 0 Å². The minimum atomic E-state index is -0.257. The van der Waals surface area contributed by atoms with Crippen LogP contribution < -0.4 is 10.1 Å². The molecule has 0 aliphatic rings. The second-order valence-corrected chi connectivity index (χ2v) is 9.00. The van der Waals surface area contributed by atoms with Crippen LogP contribution in [-0.4, -0.2) is 18.1 Å². The van der Waals surface area contributed by atoms with Gasteiger partial charge < -0.3 is 10.1 Å². The van der Waals surface area contributed by atoms with Crippen molar-refractivity contribution in [1.82, 2.24) is 5.32 Å². The minimum Gasteiger partial charge on any atom is -0.493 e. The zero-order valence-corrected chi connectivity index (χ0v) is 19.7. The van der Waals surface area contributed by atoms with Gasteiger partial charge in [-0.1, -0.05) is 50.1 Å². The van der Waals surface area contributed by atoms with Gasteiger partial charge in [0, 0.05) is 11.1 Å². The smallest absolute Gasteiger partial charge is 0.251 e. The summed E-state index contributed by atoms with van der Waals surface area (Å²) in [6.07, 6.45) is 5.57. The van der Waals surface area contributed by atoms with Crippen LogP contribution in [0, 0.1) is 13.8 Å². The molecule has 0 aromatic heterocycles. The number of ether oxygens (including phenoxy) is 1. The maximum Gasteiger partial charge on any atom is 0.251 e. The number of amides is 1. The van der Waals surface area contributed by atoms with E-state index >= 15 is 0 Å². The Balaban J connectivity index is 2.11. The molecule has 1 amide bonds. The van der Waals surface area contributed by atoms with Crippen LogP contribution in [0.25, 0.3) is 0 Å². The van der Waals surface area contributed by atoms with Crippen LogP contribution in [-0.2, 0) is 0 Å². The number of unbranched alkanes of at least 4 members (excludes halogenated alkanes) is 1. The molecule has 164 valence electrons. The van der Waals surface area contributed by atoms with Gasteiger partial charge in [0.05, 0.1) is 6.61 Å². The summed E-state index contributed by atoms with van der Waals surface area (Å²) in [6.45, 7) is 13.5. The number of nitrogens with one attached hydrogen (secondary N) is 1. The normalized spacial score (nSPS) is 12.5. The number of hydrogen-bond donors (Lipinski definition) is 1. The Labute approximate surface area is 183 Å². The minimum absolute atomic E-state index is 0.00142. The largest absolute Gasteiger partial charge is 0.493 e. The molecule has 3 nitrogen and oxygen atoms in total. The fourth-order valence-corrected chi connectivity index (χ4v) is 4.09. The number of aryl methyl sites for hydroxylation is 2. The summed E-state index contributed by atoms with van der Waals surface area (Å²) in [5.41, 5.74) is 4.28. The molecule has 2 aromatic carbocycles. The summed E-state index contributed by atoms with van der Waals surface area (Å²) in [6, 6.07) is 14.1. The maximum absolute atomic E-state index is 12.6. The summed E-state index contributed by atoms with van der Waals surface area (Å²) >= 11 is 0. The van der Waals surface area contributed by atoms with Crippen LogP contribution >= 0.6 is 0 Å². The number of benzene rings is 2. The molecule has 0 saturated heterocycles. The van der Waals surface area contributed by atoms with Crippen LogP contribution in [0.1, 0.15) is 92.8 Å². The van der Waals surface area contributed by atoms with E-state index in [4.69, 9.17) is 4.74 Å². The fraction of sp³-hybridized carbons (Fsp3) is 0.519. The molecule has 0 aliphatic carbocycles. The topological polar surface area (TPSA) is 38.3 Å². The van der Waals surface area contributed by atoms with Crippen molar-refractivity contribution in [3.8, 4) is 5.75 Å². The van der Waals surface area contributed by atoms with Crippen molar-refractivity contribution in [2.24, 2.45) is 0 Å². The number of carbonyl (C=O) groups is 1. The Morgan fingerprint density at radius 2 is 1.67 bits per heavy atom. The van der Waals surface area contributed by atoms with Gasteiger partial charge >= 0.3 is 0 Å². The molecule has 2 rings (SSSR count). The Kier molecular flexibility index (Phi) is 8.95. The highest BCUT2D eigenvalue weighted by atomic mass is 16.5. The third-order valence-corrected chi connectivity index (χ3v) is 5.75. The van der Waals surface area contributed by atoms with E-state index in [-0.39, 0.29) is 11.4 Å². The Morgan fingerprint density at radius 3 is 2.23 bits per heavy atom. The predicted molar refractivity (Wildman–Crippen MR) is 127 cm³/mol. The molecule has 0 heterocycles. The van der Waals surface area contributed by atoms with E-state index in [1.54, 1.807) is 0 Å². The van der Waals surface area contributed by atoms with Crippen molar-refractivity contribution in [2.45, 2.75) is 85.1 Å². The number of hydrogen-bond acceptors (Lipinski definition) is 2. The zero-order chi connectivity index (χ0) is 22.1. The molecule has 30 heavy (non-hydrogen) atoms. The van der Waals surface area contributed by atoms with Crippen LogP contribution in [0.3, 0.4) is 0 Å². The first kappa shape index (κ1) is 24.0. The SMILES string of the molecule is CCCCC(CCC(C)(C)NC(=O)c1ccccc1)c1cc(C)c(OCC)c(C)c1. The third-order valence-electron chi connectivity index (χ3n) is 5.75. The van der Waals surface area contributed by atoms with Crippen molar-refractivity contribution in [1.29, 1.82) is 0 Å². The Hall–Kier alpha value is -2.29. The molecular weight excluding hydrogens is 370 g/mol. The molecule has 0 radical (unpaired) electrons. The van der Waals surface area contributed by atoms with Crippen molar-refractivity contribution in [2.75, 3.05) is 6.61 Å². The highest BCUT2D eigenvalue weighted by Crippen LogP contribution is 2.34. The maximum atomic E-state index is 12.6. The molecule has 1 atom stereocenters. The highest BCUT2D eigenvalue weighted by Gasteiger charge is 2.24. The quantitative estimate of drug-likeness (QED) is 0.435. The molecule has 2 aromatic rings. The molecule has 3 heteroatoms. The highest BCUT2D eigenvalue weighted by molar-refractivity contribution is 5.94. The molecule has 1 unspecified atom stereocenters. The van der Waals surface area contributed by atoms with E-state index in [0.29, 0.717) is 18.1 Å². The summed E-state index contributed by atoms with van der Waals surface area (Å²) in [5, 5.41) is 3.23. The van der Waals surface area contributed by atoms with E-state index in [0.717, 1.165) is 18.6 Å². The second kappa shape index (κ2) is 11.2. The van der Waals surface area contributed by atoms with Crippen molar-refractivity contribution < 1.29 is 9.53 Å². The lowest BCUT2D eigenvalue weighted by atomic mass is 9.84. The molecular formula is C27H39NO2. The third kappa shape index (κ3) is 6.90. The van der Waals surface area contributed by atoms with E-state index in [1.165, 1.54) is 36.0 Å². The average molecular weight is 410 g/mol. The van der Waals surface area contributed by atoms with Crippen molar-refractivity contribution in [3.05, 3.63) is 64.7 Å². The Bertz CT molecular complexity index is 788. The van der Waals surface area contributed by atoms with Gasteiger partial charge in [-0.05, 0) is 88.6 Å². The molecule has 0 fully saturated rings. The van der Waals surface area contributed by atoms with Crippen molar-refractivity contribution in [3.63, 3.8) is 0 Å². The van der Waals surface area contributed by atoms with Gasteiger partial charge in [-0.15, -0.1) is 0 Å². The first-order chi connectivity index (χ1) is 14.3. The van der Waals surface area contributed by atoms with Gasteiger partial charge in [0.25, 0.3) is 5.91 Å². The first-order valence-electron chi connectivity index (χ1n) is 11.4. The molecule has 0 bridgehead atoms. The lowest BCUT2D eigenvalue weighted by Gasteiger charge is -2.29. The second-order valence-electron chi connectivity index (χ2n) is 9.00. The van der Waals surface area contributed by atoms with Crippen LogP contribution in [0.5, 0.6) is 5.75 Å². The monoisotopic (exact) mass is 409 g/mol. The molecule has 0 saturated carbocycles. The van der Waals surface area contributed by atoms with Crippen molar-refractivity contribution >= 4 is 5.91 Å². The molecule has 1 N–H and O–H groups in total. The van der Waals surface area contributed by atoms with Gasteiger partial charge in [-0.3, -0.25) is 4.79 Å². The van der Waals surface area contributed by atoms with Crippen LogP contribution in [0.4, 0.5) is 0 Å². The summed E-state index contributed by atoms with van der Waals surface area (Å²) in [5.74, 6) is 1.51. The van der Waals surface area contributed by atoms with E-state index in [2.05, 4.69) is 52.1 Å². The average Bonchev–Trinajstić information content (AvgIpc) is 2.71. The zero-order valence-electron chi connectivity index (χ0n) is 19.7. The molecule has 0 spiro atoms. The van der Waals surface area contributed by atoms with Gasteiger partial charge in [0.1, 0.15) is 5.75 Å². The van der Waals surface area contributed by atoms with Gasteiger partial charge in [-0.25, -0.2) is 0 Å². The van der Waals surface area contributed by atoms with Gasteiger partial charge in [0.15, 0.2) is 0 Å². The van der Waals surface area contributed by atoms with E-state index in [1.807, 2.05) is 37.3 Å². The standard InChI is InChI=1S/C27H39NO2/c1-7-9-13-22(24-18-20(3)25(30-8-2)21(4)19-24)16-17-27(5,6)28-26(29)23-14-11-10-12-15-23/h10-12,14-15,18-19,22H,7-9,13,16-17H2,1-6H3,(H,28,29). The van der Waals surface area contributed by atoms with E-state index in [9.17, 15) is 4.79 Å².